The number of rotatable bonds is 5. The number of nitrogens with zero attached hydrogens (tertiary/aromatic N) is 2. The number of H-pyrrole nitrogens is 1. The number of aromatic amines is 1. The predicted octanol–water partition coefficient (Wildman–Crippen LogP) is 1.52. The molecule has 6 nitrogen and oxygen atoms in total. The van der Waals surface area contributed by atoms with Gasteiger partial charge in [0.2, 0.25) is 0 Å². The summed E-state index contributed by atoms with van der Waals surface area (Å²) in [5.41, 5.74) is 0.163. The summed E-state index contributed by atoms with van der Waals surface area (Å²) >= 11 is 0. The molecule has 19 heavy (non-hydrogen) atoms. The fourth-order valence-electron chi connectivity index (χ4n) is 1.98. The Balaban J connectivity index is 2.32. The van der Waals surface area contributed by atoms with Crippen LogP contribution in [0.4, 0.5) is 0 Å². The minimum atomic E-state index is -3.99. The van der Waals surface area contributed by atoms with Crippen LogP contribution in [-0.4, -0.2) is 42.5 Å². The quantitative estimate of drug-likeness (QED) is 0.836. The lowest BCUT2D eigenvalue weighted by atomic mass is 10.3. The Morgan fingerprint density at radius 3 is 2.63 bits per heavy atom. The lowest BCUT2D eigenvalue weighted by Crippen LogP contribution is -2.33. The first-order chi connectivity index (χ1) is 8.84. The molecule has 0 saturated heterocycles. The van der Waals surface area contributed by atoms with E-state index >= 15 is 0 Å². The molecule has 0 atom stereocenters. The molecule has 0 bridgehead atoms. The van der Waals surface area contributed by atoms with Gasteiger partial charge in [-0.15, -0.1) is 0 Å². The molecule has 0 radical (unpaired) electrons. The van der Waals surface area contributed by atoms with Crippen LogP contribution in [0.2, 0.25) is 0 Å². The second-order valence-corrected chi connectivity index (χ2v) is 7.25. The van der Waals surface area contributed by atoms with Gasteiger partial charge in [0.05, 0.1) is 5.69 Å². The van der Waals surface area contributed by atoms with E-state index in [2.05, 4.69) is 10.2 Å². The van der Waals surface area contributed by atoms with Crippen molar-refractivity contribution in [3.05, 3.63) is 11.4 Å². The molecule has 8 heteroatoms. The van der Waals surface area contributed by atoms with Crippen molar-refractivity contribution in [2.75, 3.05) is 13.1 Å². The van der Waals surface area contributed by atoms with Gasteiger partial charge in [-0.1, -0.05) is 0 Å². The van der Waals surface area contributed by atoms with Gasteiger partial charge in [-0.2, -0.15) is 5.10 Å². The first-order valence-corrected chi connectivity index (χ1v) is 8.44. The fraction of sp³-hybridized carbons (Fsp3) is 0.636. The van der Waals surface area contributed by atoms with Crippen molar-refractivity contribution in [2.45, 2.75) is 31.6 Å². The molecule has 1 fully saturated rings. The predicted molar refractivity (Wildman–Crippen MR) is 70.7 cm³/mol. The van der Waals surface area contributed by atoms with Crippen LogP contribution >= 0.6 is 10.7 Å². The summed E-state index contributed by atoms with van der Waals surface area (Å²) in [5.74, 6) is 0.137. The summed E-state index contributed by atoms with van der Waals surface area (Å²) in [6.45, 7) is 4.54. The van der Waals surface area contributed by atoms with Crippen LogP contribution in [-0.2, 0) is 9.05 Å². The highest BCUT2D eigenvalue weighted by Gasteiger charge is 2.32. The van der Waals surface area contributed by atoms with E-state index in [1.54, 1.807) is 4.90 Å². The number of amides is 1. The van der Waals surface area contributed by atoms with Crippen molar-refractivity contribution >= 4 is 25.6 Å². The second kappa shape index (κ2) is 5.13. The SMILES string of the molecule is CCN(CC1CC1)C(=O)c1n[nH]c(C)c1S(=O)(=O)Cl. The van der Waals surface area contributed by atoms with Crippen molar-refractivity contribution in [3.8, 4) is 0 Å². The third-order valence-electron chi connectivity index (χ3n) is 3.18. The van der Waals surface area contributed by atoms with E-state index in [4.69, 9.17) is 10.7 Å². The van der Waals surface area contributed by atoms with Crippen molar-refractivity contribution < 1.29 is 13.2 Å². The van der Waals surface area contributed by atoms with Crippen LogP contribution in [0.15, 0.2) is 4.90 Å². The van der Waals surface area contributed by atoms with Crippen LogP contribution in [0.1, 0.15) is 35.9 Å². The number of carbonyl (C=O) groups excluding carboxylic acids is 1. The average molecular weight is 306 g/mol. The Bertz CT molecular complexity index is 592. The first-order valence-electron chi connectivity index (χ1n) is 6.13. The lowest BCUT2D eigenvalue weighted by molar-refractivity contribution is 0.0747. The lowest BCUT2D eigenvalue weighted by Gasteiger charge is -2.19. The topological polar surface area (TPSA) is 83.1 Å². The molecule has 106 valence electrons. The molecule has 1 heterocycles. The third kappa shape index (κ3) is 3.09. The average Bonchev–Trinajstić information content (AvgIpc) is 3.04. The smallest absolute Gasteiger partial charge is 0.275 e. The summed E-state index contributed by atoms with van der Waals surface area (Å²) < 4.78 is 23.0. The first kappa shape index (κ1) is 14.3. The standard InChI is InChI=1S/C11H16ClN3O3S/c1-3-15(6-8-4-5-8)11(16)9-10(19(12,17)18)7(2)13-14-9/h8H,3-6H2,1-2H3,(H,13,14). The van der Waals surface area contributed by atoms with Gasteiger partial charge in [-0.3, -0.25) is 9.89 Å². The minimum absolute atomic E-state index is 0.116. The van der Waals surface area contributed by atoms with Gasteiger partial charge >= 0.3 is 0 Å². The third-order valence-corrected chi connectivity index (χ3v) is 4.63. The highest BCUT2D eigenvalue weighted by Crippen LogP contribution is 2.30. The Labute approximate surface area is 116 Å². The Kier molecular flexibility index (Phi) is 3.87. The Morgan fingerprint density at radius 1 is 1.53 bits per heavy atom. The number of nitrogens with one attached hydrogen (secondary N) is 1. The Hall–Kier alpha value is -1.08. The summed E-state index contributed by atoms with van der Waals surface area (Å²) in [7, 11) is 1.37. The maximum absolute atomic E-state index is 12.3. The summed E-state index contributed by atoms with van der Waals surface area (Å²) in [4.78, 5) is 13.7. The highest BCUT2D eigenvalue weighted by molar-refractivity contribution is 8.13. The molecule has 1 aliphatic carbocycles. The maximum Gasteiger partial charge on any atom is 0.275 e. The van der Waals surface area contributed by atoms with Crippen LogP contribution in [0.3, 0.4) is 0 Å². The van der Waals surface area contributed by atoms with Crippen molar-refractivity contribution in [3.63, 3.8) is 0 Å². The van der Waals surface area contributed by atoms with Gasteiger partial charge in [0.15, 0.2) is 5.69 Å². The number of aryl methyl sites for hydroxylation is 1. The largest absolute Gasteiger partial charge is 0.337 e. The van der Waals surface area contributed by atoms with E-state index in [1.165, 1.54) is 6.92 Å². The zero-order valence-electron chi connectivity index (χ0n) is 10.8. The zero-order chi connectivity index (χ0) is 14.2. The van der Waals surface area contributed by atoms with Crippen molar-refractivity contribution in [1.29, 1.82) is 0 Å². The van der Waals surface area contributed by atoms with Gasteiger partial charge in [-0.25, -0.2) is 8.42 Å². The number of carbonyl (C=O) groups is 1. The molecule has 1 aromatic heterocycles. The summed E-state index contributed by atoms with van der Waals surface area (Å²) in [6.07, 6.45) is 2.23. The number of aromatic nitrogens is 2. The zero-order valence-corrected chi connectivity index (χ0v) is 12.4. The van der Waals surface area contributed by atoms with Crippen molar-refractivity contribution in [1.82, 2.24) is 15.1 Å². The van der Waals surface area contributed by atoms with E-state index in [9.17, 15) is 13.2 Å². The van der Waals surface area contributed by atoms with Crippen LogP contribution in [0, 0.1) is 12.8 Å². The van der Waals surface area contributed by atoms with E-state index < -0.39 is 15.0 Å². The monoisotopic (exact) mass is 305 g/mol. The van der Waals surface area contributed by atoms with E-state index in [0.29, 0.717) is 19.0 Å². The minimum Gasteiger partial charge on any atom is -0.337 e. The Morgan fingerprint density at radius 2 is 2.16 bits per heavy atom. The highest BCUT2D eigenvalue weighted by atomic mass is 35.7. The molecule has 1 saturated carbocycles. The molecule has 1 aromatic rings. The molecular formula is C11H16ClN3O3S. The fourth-order valence-corrected chi connectivity index (χ4v) is 3.32. The van der Waals surface area contributed by atoms with Gasteiger partial charge < -0.3 is 4.90 Å². The van der Waals surface area contributed by atoms with E-state index in [0.717, 1.165) is 12.8 Å². The molecule has 2 rings (SSSR count). The normalized spacial score (nSPS) is 15.5. The molecule has 1 aliphatic rings. The molecule has 1 amide bonds. The van der Waals surface area contributed by atoms with Crippen LogP contribution in [0.5, 0.6) is 0 Å². The summed E-state index contributed by atoms with van der Waals surface area (Å²) in [6, 6.07) is 0. The van der Waals surface area contributed by atoms with Gasteiger partial charge in [-0.05, 0) is 32.6 Å². The number of halogens is 1. The second-order valence-electron chi connectivity index (χ2n) is 4.75. The molecule has 0 aromatic carbocycles. The summed E-state index contributed by atoms with van der Waals surface area (Å²) in [5, 5.41) is 6.31. The van der Waals surface area contributed by atoms with Gasteiger partial charge in [0, 0.05) is 23.8 Å². The number of hydrogen-bond donors (Lipinski definition) is 1. The molecule has 0 aliphatic heterocycles. The van der Waals surface area contributed by atoms with Crippen molar-refractivity contribution in [2.24, 2.45) is 5.92 Å². The van der Waals surface area contributed by atoms with E-state index in [-0.39, 0.29) is 16.3 Å². The molecule has 0 spiro atoms. The van der Waals surface area contributed by atoms with Crippen LogP contribution in [0.25, 0.3) is 0 Å². The maximum atomic E-state index is 12.3. The van der Waals surface area contributed by atoms with E-state index in [1.807, 2.05) is 6.92 Å². The van der Waals surface area contributed by atoms with Gasteiger partial charge in [0.25, 0.3) is 15.0 Å². The van der Waals surface area contributed by atoms with Gasteiger partial charge in [0.1, 0.15) is 4.90 Å². The molecule has 0 unspecified atom stereocenters. The van der Waals surface area contributed by atoms with Crippen LogP contribution < -0.4 is 0 Å². The molecular weight excluding hydrogens is 290 g/mol. The number of hydrogen-bond acceptors (Lipinski definition) is 4. The molecule has 1 N–H and O–H groups in total.